The average Bonchev–Trinajstić information content (AvgIpc) is 2.33. The van der Waals surface area contributed by atoms with Crippen LogP contribution in [0.4, 0.5) is 0 Å². The van der Waals surface area contributed by atoms with Crippen molar-refractivity contribution in [2.24, 2.45) is 0 Å². The largest absolute Gasteiger partial charge is 0.336 e. The van der Waals surface area contributed by atoms with Crippen LogP contribution in [0.15, 0.2) is 18.2 Å². The molecule has 2 rings (SSSR count). The Kier molecular flexibility index (Phi) is 0.932. The van der Waals surface area contributed by atoms with Gasteiger partial charge in [-0.3, -0.25) is 0 Å². The first-order valence-corrected chi connectivity index (χ1v) is 2.76. The highest BCUT2D eigenvalue weighted by Gasteiger charge is 2.10. The van der Waals surface area contributed by atoms with Crippen molar-refractivity contribution in [1.82, 2.24) is 0 Å². The molecule has 0 fully saturated rings. The summed E-state index contributed by atoms with van der Waals surface area (Å²) >= 11 is 0. The lowest BCUT2D eigenvalue weighted by molar-refractivity contribution is -0.194. The minimum atomic E-state index is 0.548. The van der Waals surface area contributed by atoms with Crippen molar-refractivity contribution in [1.29, 1.82) is 0 Å². The lowest BCUT2D eigenvalue weighted by atomic mass is 10.2. The smallest absolute Gasteiger partial charge is 0.179 e. The molecule has 0 bridgehead atoms. The molecular weight excluding hydrogens is 116 g/mol. The van der Waals surface area contributed by atoms with Crippen molar-refractivity contribution in [3.63, 3.8) is 0 Å². The molecule has 0 aliphatic carbocycles. The van der Waals surface area contributed by atoms with Gasteiger partial charge in [-0.05, 0) is 0 Å². The van der Waals surface area contributed by atoms with Gasteiger partial charge in [0.05, 0.1) is 0 Å². The van der Waals surface area contributed by atoms with Gasteiger partial charge >= 0.3 is 0 Å². The van der Waals surface area contributed by atoms with Gasteiger partial charge in [-0.2, -0.15) is 4.89 Å². The quantitative estimate of drug-likeness (QED) is 0.482. The maximum absolute atomic E-state index is 4.74. The van der Waals surface area contributed by atoms with Crippen LogP contribution in [0.1, 0.15) is 5.56 Å². The summed E-state index contributed by atoms with van der Waals surface area (Å²) in [5.74, 6) is 0.720. The van der Waals surface area contributed by atoms with Crippen LogP contribution in [0.5, 0.6) is 5.75 Å². The van der Waals surface area contributed by atoms with E-state index in [1.165, 1.54) is 0 Å². The van der Waals surface area contributed by atoms with Crippen LogP contribution in [0.2, 0.25) is 0 Å². The summed E-state index contributed by atoms with van der Waals surface area (Å²) < 4.78 is 0. The Balaban J connectivity index is 2.54. The lowest BCUT2D eigenvalue weighted by Gasteiger charge is -1.88. The van der Waals surface area contributed by atoms with Gasteiger partial charge in [-0.25, -0.2) is 0 Å². The summed E-state index contributed by atoms with van der Waals surface area (Å²) in [6.07, 6.45) is 0. The Morgan fingerprint density at radius 2 is 2.56 bits per heavy atom. The van der Waals surface area contributed by atoms with Crippen LogP contribution < -0.4 is 4.89 Å². The van der Waals surface area contributed by atoms with Crippen molar-refractivity contribution < 1.29 is 9.78 Å². The Labute approximate surface area is 52.9 Å². The number of benzene rings is 1. The standard InChI is InChI=1S/C7H5O2/c1-2-4-7-6(3-1)5-8-9-7/h1-3H,5H2. The molecule has 0 amide bonds. The summed E-state index contributed by atoms with van der Waals surface area (Å²) in [5, 5.41) is 0. The molecule has 1 aliphatic heterocycles. The highest BCUT2D eigenvalue weighted by molar-refractivity contribution is 5.32. The van der Waals surface area contributed by atoms with E-state index in [2.05, 4.69) is 11.0 Å². The number of fused-ring (bicyclic) bond motifs is 1. The van der Waals surface area contributed by atoms with E-state index in [-0.39, 0.29) is 0 Å². The lowest BCUT2D eigenvalue weighted by Crippen LogP contribution is -1.81. The molecule has 2 heteroatoms. The minimum absolute atomic E-state index is 0.548. The van der Waals surface area contributed by atoms with E-state index in [4.69, 9.17) is 4.89 Å². The molecule has 0 unspecified atom stereocenters. The minimum Gasteiger partial charge on any atom is -0.336 e. The fraction of sp³-hybridized carbons (Fsp3) is 0.143. The van der Waals surface area contributed by atoms with Crippen LogP contribution in [0.3, 0.4) is 0 Å². The van der Waals surface area contributed by atoms with Crippen LogP contribution in [-0.4, -0.2) is 0 Å². The first kappa shape index (κ1) is 4.82. The number of hydrogen-bond acceptors (Lipinski definition) is 2. The molecule has 0 saturated carbocycles. The predicted molar refractivity (Wildman–Crippen MR) is 30.7 cm³/mol. The van der Waals surface area contributed by atoms with Crippen molar-refractivity contribution >= 4 is 0 Å². The Bertz CT molecular complexity index is 197. The van der Waals surface area contributed by atoms with Crippen LogP contribution in [-0.2, 0) is 11.5 Å². The molecule has 0 aromatic heterocycles. The van der Waals surface area contributed by atoms with Crippen LogP contribution >= 0.6 is 0 Å². The third kappa shape index (κ3) is 0.678. The maximum atomic E-state index is 4.74. The summed E-state index contributed by atoms with van der Waals surface area (Å²) in [6, 6.07) is 8.57. The number of rotatable bonds is 0. The van der Waals surface area contributed by atoms with Crippen molar-refractivity contribution in [2.45, 2.75) is 6.61 Å². The molecular formula is C7H5O2. The molecule has 1 aromatic carbocycles. The zero-order valence-corrected chi connectivity index (χ0v) is 4.76. The molecule has 0 saturated heterocycles. The molecule has 9 heavy (non-hydrogen) atoms. The van der Waals surface area contributed by atoms with E-state index < -0.39 is 0 Å². The Morgan fingerprint density at radius 3 is 3.44 bits per heavy atom. The van der Waals surface area contributed by atoms with Crippen molar-refractivity contribution in [3.05, 3.63) is 29.8 Å². The SMILES string of the molecule is [c]1cccc2c1OOC2. The van der Waals surface area contributed by atoms with E-state index >= 15 is 0 Å². The Hall–Kier alpha value is -1.02. The van der Waals surface area contributed by atoms with Crippen LogP contribution in [0, 0.1) is 6.07 Å². The second kappa shape index (κ2) is 1.74. The first-order chi connectivity index (χ1) is 4.47. The zero-order valence-electron chi connectivity index (χ0n) is 4.76. The van der Waals surface area contributed by atoms with Crippen LogP contribution in [0.25, 0.3) is 0 Å². The summed E-state index contributed by atoms with van der Waals surface area (Å²) in [5.41, 5.74) is 1.07. The van der Waals surface area contributed by atoms with E-state index in [0.717, 1.165) is 11.3 Å². The fourth-order valence-corrected chi connectivity index (χ4v) is 0.800. The Morgan fingerprint density at radius 1 is 1.56 bits per heavy atom. The van der Waals surface area contributed by atoms with Gasteiger partial charge in [0.25, 0.3) is 0 Å². The molecule has 1 heterocycles. The van der Waals surface area contributed by atoms with E-state index in [1.54, 1.807) is 6.07 Å². The summed E-state index contributed by atoms with van der Waals surface area (Å²) in [6.45, 7) is 0.548. The summed E-state index contributed by atoms with van der Waals surface area (Å²) in [4.78, 5) is 9.43. The van der Waals surface area contributed by atoms with Gasteiger partial charge in [0, 0.05) is 11.6 Å². The molecule has 0 spiro atoms. The molecule has 0 atom stereocenters. The maximum Gasteiger partial charge on any atom is 0.179 e. The summed E-state index contributed by atoms with van der Waals surface area (Å²) in [7, 11) is 0. The third-order valence-electron chi connectivity index (χ3n) is 1.26. The van der Waals surface area contributed by atoms with Gasteiger partial charge in [-0.15, -0.1) is 0 Å². The van der Waals surface area contributed by atoms with Crippen molar-refractivity contribution in [3.8, 4) is 5.75 Å². The highest BCUT2D eigenvalue weighted by atomic mass is 17.2. The van der Waals surface area contributed by atoms with E-state index in [0.29, 0.717) is 6.61 Å². The van der Waals surface area contributed by atoms with Gasteiger partial charge in [0.2, 0.25) is 0 Å². The molecule has 1 radical (unpaired) electrons. The monoisotopic (exact) mass is 121 g/mol. The average molecular weight is 121 g/mol. The first-order valence-electron chi connectivity index (χ1n) is 2.76. The predicted octanol–water partition coefficient (Wildman–Crippen LogP) is 1.31. The number of para-hydroxylation sites is 1. The highest BCUT2D eigenvalue weighted by Crippen LogP contribution is 2.23. The molecule has 1 aromatic rings. The fourth-order valence-electron chi connectivity index (χ4n) is 0.800. The zero-order chi connectivity index (χ0) is 6.10. The number of hydrogen-bond donors (Lipinski definition) is 0. The van der Waals surface area contributed by atoms with Crippen molar-refractivity contribution in [2.75, 3.05) is 0 Å². The van der Waals surface area contributed by atoms with E-state index in [9.17, 15) is 0 Å². The second-order valence-electron chi connectivity index (χ2n) is 1.87. The van der Waals surface area contributed by atoms with Gasteiger partial charge in [0.15, 0.2) is 5.75 Å². The van der Waals surface area contributed by atoms with Gasteiger partial charge in [0.1, 0.15) is 6.61 Å². The molecule has 2 nitrogen and oxygen atoms in total. The third-order valence-corrected chi connectivity index (χ3v) is 1.26. The molecule has 1 aliphatic rings. The van der Waals surface area contributed by atoms with Gasteiger partial charge < -0.3 is 4.89 Å². The topological polar surface area (TPSA) is 18.5 Å². The van der Waals surface area contributed by atoms with Gasteiger partial charge in [-0.1, -0.05) is 18.2 Å². The second-order valence-corrected chi connectivity index (χ2v) is 1.87. The molecule has 45 valence electrons. The van der Waals surface area contributed by atoms with E-state index in [1.807, 2.05) is 12.1 Å². The normalized spacial score (nSPS) is 14.7. The molecule has 0 N–H and O–H groups in total.